The van der Waals surface area contributed by atoms with Crippen molar-refractivity contribution in [2.75, 3.05) is 0 Å². The Hall–Kier alpha value is -1.56. The van der Waals surface area contributed by atoms with E-state index in [0.717, 1.165) is 5.76 Å². The highest BCUT2D eigenvalue weighted by Crippen LogP contribution is 2.27. The first-order valence-corrected chi connectivity index (χ1v) is 4.03. The van der Waals surface area contributed by atoms with E-state index in [-0.39, 0.29) is 6.42 Å². The molecule has 13 heavy (non-hydrogen) atoms. The number of nitrogens with zero attached hydrogens (tertiary/aromatic N) is 1. The van der Waals surface area contributed by atoms with Crippen LogP contribution in [-0.2, 0) is 10.2 Å². The van der Waals surface area contributed by atoms with Crippen molar-refractivity contribution < 1.29 is 9.21 Å². The molecule has 3 heteroatoms. The highest BCUT2D eigenvalue weighted by molar-refractivity contribution is 5.94. The fourth-order valence-electron chi connectivity index (χ4n) is 1.19. The predicted octanol–water partition coefficient (Wildman–Crippen LogP) is 2.04. The molecule has 1 rings (SSSR count). The molecular formula is C10H11NO2. The SMILES string of the molecule is CC(C)(CC(=O)C#N)c1ccco1. The number of carbonyl (C=O) groups is 1. The number of hydrogen-bond acceptors (Lipinski definition) is 3. The van der Waals surface area contributed by atoms with Gasteiger partial charge in [-0.2, -0.15) is 5.26 Å². The van der Waals surface area contributed by atoms with Crippen molar-refractivity contribution >= 4 is 5.78 Å². The van der Waals surface area contributed by atoms with Crippen molar-refractivity contribution in [3.63, 3.8) is 0 Å². The van der Waals surface area contributed by atoms with E-state index in [1.165, 1.54) is 0 Å². The minimum atomic E-state index is -0.415. The molecule has 3 nitrogen and oxygen atoms in total. The van der Waals surface area contributed by atoms with Crippen LogP contribution in [0.15, 0.2) is 22.8 Å². The molecule has 0 radical (unpaired) electrons. The van der Waals surface area contributed by atoms with Gasteiger partial charge in [-0.05, 0) is 12.1 Å². The van der Waals surface area contributed by atoms with Crippen LogP contribution in [0.3, 0.4) is 0 Å². The first-order chi connectivity index (χ1) is 6.06. The van der Waals surface area contributed by atoms with Gasteiger partial charge in [-0.3, -0.25) is 4.79 Å². The smallest absolute Gasteiger partial charge is 0.232 e. The fraction of sp³-hybridized carbons (Fsp3) is 0.400. The van der Waals surface area contributed by atoms with Crippen LogP contribution in [0.4, 0.5) is 0 Å². The molecule has 1 aromatic heterocycles. The normalized spacial score (nSPS) is 10.8. The second-order valence-electron chi connectivity index (χ2n) is 3.57. The number of rotatable bonds is 3. The highest BCUT2D eigenvalue weighted by atomic mass is 16.3. The minimum Gasteiger partial charge on any atom is -0.469 e. The standard InChI is InChI=1S/C10H11NO2/c1-10(2,6-8(12)7-11)9-4-3-5-13-9/h3-5H,6H2,1-2H3. The summed E-state index contributed by atoms with van der Waals surface area (Å²) in [6.07, 6.45) is 1.75. The molecule has 0 unspecified atom stereocenters. The van der Waals surface area contributed by atoms with Gasteiger partial charge in [0.1, 0.15) is 11.8 Å². The molecule has 0 atom stereocenters. The monoisotopic (exact) mass is 177 g/mol. The Morgan fingerprint density at radius 3 is 2.85 bits per heavy atom. The molecule has 0 fully saturated rings. The third kappa shape index (κ3) is 2.19. The van der Waals surface area contributed by atoms with E-state index in [1.807, 2.05) is 19.9 Å². The maximum absolute atomic E-state index is 10.9. The molecule has 0 saturated carbocycles. The summed E-state index contributed by atoms with van der Waals surface area (Å²) in [4.78, 5) is 10.9. The summed E-state index contributed by atoms with van der Waals surface area (Å²) in [5.74, 6) is 0.317. The Kier molecular flexibility index (Phi) is 2.52. The van der Waals surface area contributed by atoms with E-state index in [0.29, 0.717) is 0 Å². The van der Waals surface area contributed by atoms with E-state index in [9.17, 15) is 4.79 Å². The molecule has 0 bridgehead atoms. The van der Waals surface area contributed by atoms with Crippen molar-refractivity contribution in [1.29, 1.82) is 5.26 Å². The molecule has 68 valence electrons. The summed E-state index contributed by atoms with van der Waals surface area (Å²) >= 11 is 0. The lowest BCUT2D eigenvalue weighted by Crippen LogP contribution is -2.20. The van der Waals surface area contributed by atoms with E-state index < -0.39 is 11.2 Å². The lowest BCUT2D eigenvalue weighted by Gasteiger charge is -2.18. The molecule has 0 saturated heterocycles. The zero-order chi connectivity index (χ0) is 9.90. The Morgan fingerprint density at radius 1 is 1.69 bits per heavy atom. The van der Waals surface area contributed by atoms with E-state index in [4.69, 9.17) is 9.68 Å². The van der Waals surface area contributed by atoms with Crippen LogP contribution in [0.1, 0.15) is 26.0 Å². The van der Waals surface area contributed by atoms with Gasteiger partial charge in [0, 0.05) is 11.8 Å². The van der Waals surface area contributed by atoms with Crippen molar-refractivity contribution in [2.24, 2.45) is 0 Å². The van der Waals surface area contributed by atoms with Gasteiger partial charge in [0.2, 0.25) is 5.78 Å². The van der Waals surface area contributed by atoms with Gasteiger partial charge in [0.25, 0.3) is 0 Å². The molecule has 0 amide bonds. The van der Waals surface area contributed by atoms with E-state index in [1.54, 1.807) is 18.4 Å². The average molecular weight is 177 g/mol. The Bertz CT molecular complexity index is 330. The Labute approximate surface area is 77.0 Å². The van der Waals surface area contributed by atoms with Gasteiger partial charge < -0.3 is 4.42 Å². The number of carbonyl (C=O) groups excluding carboxylic acids is 1. The average Bonchev–Trinajstić information content (AvgIpc) is 2.55. The highest BCUT2D eigenvalue weighted by Gasteiger charge is 2.26. The number of Topliss-reactive ketones (excluding diaryl/α,β-unsaturated/α-hetero) is 1. The summed E-state index contributed by atoms with van der Waals surface area (Å²) in [5.41, 5.74) is -0.393. The molecule has 0 aliphatic rings. The number of hydrogen-bond donors (Lipinski definition) is 0. The van der Waals surface area contributed by atoms with Crippen molar-refractivity contribution in [3.05, 3.63) is 24.2 Å². The molecular weight excluding hydrogens is 166 g/mol. The third-order valence-electron chi connectivity index (χ3n) is 1.92. The molecule has 0 N–H and O–H groups in total. The summed E-state index contributed by atoms with van der Waals surface area (Å²) < 4.78 is 5.18. The predicted molar refractivity (Wildman–Crippen MR) is 47.0 cm³/mol. The van der Waals surface area contributed by atoms with E-state index >= 15 is 0 Å². The van der Waals surface area contributed by atoms with Gasteiger partial charge >= 0.3 is 0 Å². The van der Waals surface area contributed by atoms with Crippen molar-refractivity contribution in [3.8, 4) is 6.07 Å². The molecule has 1 heterocycles. The Morgan fingerprint density at radius 2 is 2.38 bits per heavy atom. The maximum Gasteiger partial charge on any atom is 0.232 e. The van der Waals surface area contributed by atoms with Gasteiger partial charge in [-0.1, -0.05) is 13.8 Å². The third-order valence-corrected chi connectivity index (χ3v) is 1.92. The van der Waals surface area contributed by atoms with Crippen LogP contribution < -0.4 is 0 Å². The summed E-state index contributed by atoms with van der Waals surface area (Å²) in [6, 6.07) is 5.18. The van der Waals surface area contributed by atoms with Crippen LogP contribution in [0.2, 0.25) is 0 Å². The maximum atomic E-state index is 10.9. The zero-order valence-corrected chi connectivity index (χ0v) is 7.70. The second kappa shape index (κ2) is 3.44. The minimum absolute atomic E-state index is 0.191. The van der Waals surface area contributed by atoms with Crippen LogP contribution in [0.5, 0.6) is 0 Å². The number of nitriles is 1. The molecule has 0 aromatic carbocycles. The van der Waals surface area contributed by atoms with Crippen molar-refractivity contribution in [2.45, 2.75) is 25.7 Å². The van der Waals surface area contributed by atoms with Gasteiger partial charge in [0.15, 0.2) is 0 Å². The first-order valence-electron chi connectivity index (χ1n) is 4.03. The quantitative estimate of drug-likeness (QED) is 0.664. The topological polar surface area (TPSA) is 54.0 Å². The molecule has 0 spiro atoms. The first kappa shape index (κ1) is 9.53. The van der Waals surface area contributed by atoms with Crippen molar-refractivity contribution in [1.82, 2.24) is 0 Å². The number of furan rings is 1. The Balaban J connectivity index is 2.79. The lowest BCUT2D eigenvalue weighted by atomic mass is 9.85. The van der Waals surface area contributed by atoms with Crippen LogP contribution >= 0.6 is 0 Å². The summed E-state index contributed by atoms with van der Waals surface area (Å²) in [6.45, 7) is 3.75. The van der Waals surface area contributed by atoms with E-state index in [2.05, 4.69) is 0 Å². The van der Waals surface area contributed by atoms with Gasteiger partial charge in [0.05, 0.1) is 6.26 Å². The van der Waals surface area contributed by atoms with Gasteiger partial charge in [-0.25, -0.2) is 0 Å². The zero-order valence-electron chi connectivity index (χ0n) is 7.70. The summed E-state index contributed by atoms with van der Waals surface area (Å²) in [5, 5.41) is 8.37. The second-order valence-corrected chi connectivity index (χ2v) is 3.57. The van der Waals surface area contributed by atoms with Crippen LogP contribution in [-0.4, -0.2) is 5.78 Å². The van der Waals surface area contributed by atoms with Gasteiger partial charge in [-0.15, -0.1) is 0 Å². The lowest BCUT2D eigenvalue weighted by molar-refractivity contribution is -0.115. The summed E-state index contributed by atoms with van der Waals surface area (Å²) in [7, 11) is 0. The molecule has 0 aliphatic carbocycles. The van der Waals surface area contributed by atoms with Crippen LogP contribution in [0, 0.1) is 11.3 Å². The molecule has 1 aromatic rings. The number of ketones is 1. The fourth-order valence-corrected chi connectivity index (χ4v) is 1.19. The van der Waals surface area contributed by atoms with Crippen LogP contribution in [0.25, 0.3) is 0 Å². The molecule has 0 aliphatic heterocycles. The largest absolute Gasteiger partial charge is 0.469 e.